The Bertz CT molecular complexity index is 599. The average molecular weight is 340 g/mol. The molecule has 0 radical (unpaired) electrons. The number of benzene rings is 2. The van der Waals surface area contributed by atoms with Gasteiger partial charge in [-0.25, -0.2) is 4.79 Å². The summed E-state index contributed by atoms with van der Waals surface area (Å²) in [6.45, 7) is 1.99. The van der Waals surface area contributed by atoms with Crippen LogP contribution in [0.25, 0.3) is 0 Å². The molecule has 2 aromatic carbocycles. The molecule has 0 aliphatic heterocycles. The predicted octanol–water partition coefficient (Wildman–Crippen LogP) is 5.05. The summed E-state index contributed by atoms with van der Waals surface area (Å²) in [6.07, 6.45) is 0. The maximum Gasteiger partial charge on any atom is 0.323 e. The topological polar surface area (TPSA) is 41.1 Å². The van der Waals surface area contributed by atoms with E-state index in [4.69, 9.17) is 11.6 Å². The molecule has 0 saturated carbocycles. The summed E-state index contributed by atoms with van der Waals surface area (Å²) in [5.41, 5.74) is 2.52. The lowest BCUT2D eigenvalue weighted by Gasteiger charge is -2.08. The van der Waals surface area contributed by atoms with Crippen molar-refractivity contribution in [3.05, 3.63) is 57.5 Å². The van der Waals surface area contributed by atoms with E-state index >= 15 is 0 Å². The number of rotatable bonds is 2. The van der Waals surface area contributed by atoms with E-state index in [0.29, 0.717) is 10.7 Å². The van der Waals surface area contributed by atoms with Crippen molar-refractivity contribution < 1.29 is 4.79 Å². The molecule has 0 bridgehead atoms. The van der Waals surface area contributed by atoms with Crippen LogP contribution in [-0.4, -0.2) is 6.03 Å². The van der Waals surface area contributed by atoms with Gasteiger partial charge in [-0.15, -0.1) is 0 Å². The quantitative estimate of drug-likeness (QED) is 0.789. The number of hydrogen-bond acceptors (Lipinski definition) is 1. The molecule has 0 aliphatic carbocycles. The Labute approximate surface area is 125 Å². The Balaban J connectivity index is 2.01. The predicted molar refractivity (Wildman–Crippen MR) is 83.0 cm³/mol. The number of amides is 2. The Morgan fingerprint density at radius 2 is 1.63 bits per heavy atom. The van der Waals surface area contributed by atoms with Gasteiger partial charge in [0.25, 0.3) is 0 Å². The fourth-order valence-corrected chi connectivity index (χ4v) is 1.93. The molecule has 0 atom stereocenters. The van der Waals surface area contributed by atoms with Crippen molar-refractivity contribution >= 4 is 44.9 Å². The molecule has 2 N–H and O–H groups in total. The summed E-state index contributed by atoms with van der Waals surface area (Å²) in [4.78, 5) is 11.8. The van der Waals surface area contributed by atoms with Crippen molar-refractivity contribution in [2.24, 2.45) is 0 Å². The van der Waals surface area contributed by atoms with Crippen molar-refractivity contribution in [2.75, 3.05) is 10.6 Å². The smallest absolute Gasteiger partial charge is 0.308 e. The van der Waals surface area contributed by atoms with E-state index in [9.17, 15) is 4.79 Å². The highest BCUT2D eigenvalue weighted by molar-refractivity contribution is 9.10. The van der Waals surface area contributed by atoms with Crippen LogP contribution in [0.4, 0.5) is 16.2 Å². The van der Waals surface area contributed by atoms with Gasteiger partial charge in [0.15, 0.2) is 0 Å². The number of nitrogens with one attached hydrogen (secondary N) is 2. The molecular weight excluding hydrogens is 328 g/mol. The van der Waals surface area contributed by atoms with Crippen molar-refractivity contribution in [1.82, 2.24) is 0 Å². The van der Waals surface area contributed by atoms with Crippen LogP contribution < -0.4 is 10.6 Å². The SMILES string of the molecule is Cc1ccc(NC(=O)Nc2ccc(Br)c(Cl)c2)cc1. The van der Waals surface area contributed by atoms with Gasteiger partial charge >= 0.3 is 6.03 Å². The lowest BCUT2D eigenvalue weighted by atomic mass is 10.2. The highest BCUT2D eigenvalue weighted by Gasteiger charge is 2.04. The number of hydrogen-bond donors (Lipinski definition) is 2. The summed E-state index contributed by atoms with van der Waals surface area (Å²) >= 11 is 9.25. The Morgan fingerprint density at radius 1 is 1.05 bits per heavy atom. The largest absolute Gasteiger partial charge is 0.323 e. The number of carbonyl (C=O) groups excluding carboxylic acids is 1. The number of anilines is 2. The molecule has 2 amide bonds. The molecule has 0 saturated heterocycles. The van der Waals surface area contributed by atoms with Gasteiger partial charge in [-0.3, -0.25) is 0 Å². The van der Waals surface area contributed by atoms with E-state index in [2.05, 4.69) is 26.6 Å². The van der Waals surface area contributed by atoms with Crippen LogP contribution in [0.15, 0.2) is 46.9 Å². The van der Waals surface area contributed by atoms with Crippen LogP contribution in [-0.2, 0) is 0 Å². The molecule has 0 unspecified atom stereocenters. The zero-order valence-corrected chi connectivity index (χ0v) is 12.5. The molecule has 98 valence electrons. The van der Waals surface area contributed by atoms with Gasteiger partial charge in [-0.1, -0.05) is 29.3 Å². The fourth-order valence-electron chi connectivity index (χ4n) is 1.50. The minimum Gasteiger partial charge on any atom is -0.308 e. The summed E-state index contributed by atoms with van der Waals surface area (Å²) < 4.78 is 0.790. The minimum absolute atomic E-state index is 0.303. The second-order valence-corrected chi connectivity index (χ2v) is 5.34. The molecule has 0 aromatic heterocycles. The first-order chi connectivity index (χ1) is 9.04. The van der Waals surface area contributed by atoms with Crippen molar-refractivity contribution in [3.8, 4) is 0 Å². The molecule has 0 aliphatic rings. The Hall–Kier alpha value is -1.52. The van der Waals surface area contributed by atoms with Gasteiger partial charge < -0.3 is 10.6 Å². The molecule has 2 rings (SSSR count). The molecule has 2 aromatic rings. The summed E-state index contributed by atoms with van der Waals surface area (Å²) in [6, 6.07) is 12.5. The lowest BCUT2D eigenvalue weighted by molar-refractivity contribution is 0.262. The van der Waals surface area contributed by atoms with Crippen LogP contribution in [0.1, 0.15) is 5.56 Å². The van der Waals surface area contributed by atoms with E-state index in [1.807, 2.05) is 31.2 Å². The molecule has 0 fully saturated rings. The van der Waals surface area contributed by atoms with Crippen LogP contribution in [0.5, 0.6) is 0 Å². The highest BCUT2D eigenvalue weighted by atomic mass is 79.9. The van der Waals surface area contributed by atoms with Gasteiger partial charge in [0.1, 0.15) is 0 Å². The monoisotopic (exact) mass is 338 g/mol. The van der Waals surface area contributed by atoms with E-state index in [0.717, 1.165) is 15.7 Å². The van der Waals surface area contributed by atoms with E-state index in [-0.39, 0.29) is 6.03 Å². The molecule has 0 heterocycles. The Kier molecular flexibility index (Phi) is 4.45. The number of carbonyl (C=O) groups is 1. The normalized spacial score (nSPS) is 10.1. The second-order valence-electron chi connectivity index (χ2n) is 4.07. The zero-order chi connectivity index (χ0) is 13.8. The third kappa shape index (κ3) is 3.98. The summed E-state index contributed by atoms with van der Waals surface area (Å²) in [7, 11) is 0. The standard InChI is InChI=1S/C14H12BrClN2O/c1-9-2-4-10(5-3-9)17-14(19)18-11-6-7-12(15)13(16)8-11/h2-8H,1H3,(H2,17,18,19). The second kappa shape index (κ2) is 6.08. The first-order valence-corrected chi connectivity index (χ1v) is 6.81. The maximum atomic E-state index is 11.8. The molecular formula is C14H12BrClN2O. The molecule has 0 spiro atoms. The maximum absolute atomic E-state index is 11.8. The van der Waals surface area contributed by atoms with Crippen LogP contribution in [0.3, 0.4) is 0 Å². The van der Waals surface area contributed by atoms with Gasteiger partial charge in [-0.05, 0) is 53.2 Å². The third-order valence-electron chi connectivity index (χ3n) is 2.49. The van der Waals surface area contributed by atoms with Gasteiger partial charge in [-0.2, -0.15) is 0 Å². The van der Waals surface area contributed by atoms with E-state index < -0.39 is 0 Å². The molecule has 3 nitrogen and oxygen atoms in total. The molecule has 5 heteroatoms. The number of urea groups is 1. The fraction of sp³-hybridized carbons (Fsp3) is 0.0714. The van der Waals surface area contributed by atoms with E-state index in [1.165, 1.54) is 0 Å². The van der Waals surface area contributed by atoms with Crippen LogP contribution in [0.2, 0.25) is 5.02 Å². The van der Waals surface area contributed by atoms with Crippen LogP contribution in [0, 0.1) is 6.92 Å². The van der Waals surface area contributed by atoms with E-state index in [1.54, 1.807) is 18.2 Å². The van der Waals surface area contributed by atoms with Crippen molar-refractivity contribution in [1.29, 1.82) is 0 Å². The number of aryl methyl sites for hydroxylation is 1. The summed E-state index contributed by atoms with van der Waals surface area (Å²) in [5, 5.41) is 6.01. The minimum atomic E-state index is -0.303. The molecule has 19 heavy (non-hydrogen) atoms. The van der Waals surface area contributed by atoms with Gasteiger partial charge in [0.05, 0.1) is 5.02 Å². The first-order valence-electron chi connectivity index (χ1n) is 5.64. The average Bonchev–Trinajstić information content (AvgIpc) is 2.37. The summed E-state index contributed by atoms with van der Waals surface area (Å²) in [5.74, 6) is 0. The zero-order valence-electron chi connectivity index (χ0n) is 10.2. The Morgan fingerprint density at radius 3 is 2.26 bits per heavy atom. The van der Waals surface area contributed by atoms with Gasteiger partial charge in [0.2, 0.25) is 0 Å². The highest BCUT2D eigenvalue weighted by Crippen LogP contribution is 2.25. The third-order valence-corrected chi connectivity index (χ3v) is 3.72. The first kappa shape index (κ1) is 13.9. The number of halogens is 2. The lowest BCUT2D eigenvalue weighted by Crippen LogP contribution is -2.19. The van der Waals surface area contributed by atoms with Crippen molar-refractivity contribution in [2.45, 2.75) is 6.92 Å². The van der Waals surface area contributed by atoms with Crippen molar-refractivity contribution in [3.63, 3.8) is 0 Å². The van der Waals surface area contributed by atoms with Crippen LogP contribution >= 0.6 is 27.5 Å². The van der Waals surface area contributed by atoms with Gasteiger partial charge in [0, 0.05) is 15.8 Å².